The van der Waals surface area contributed by atoms with Gasteiger partial charge in [0.15, 0.2) is 23.0 Å². The third-order valence-corrected chi connectivity index (χ3v) is 7.31. The van der Waals surface area contributed by atoms with Crippen molar-refractivity contribution in [3.63, 3.8) is 0 Å². The Morgan fingerprint density at radius 3 is 1.06 bits per heavy atom. The maximum Gasteiger partial charge on any atom is 0.203 e. The van der Waals surface area contributed by atoms with Crippen molar-refractivity contribution in [3.05, 3.63) is 24.3 Å². The van der Waals surface area contributed by atoms with E-state index in [1.165, 1.54) is 0 Å². The molecule has 184 valence electrons. The van der Waals surface area contributed by atoms with Crippen LogP contribution in [-0.4, -0.2) is 66.5 Å². The fourth-order valence-electron chi connectivity index (χ4n) is 2.99. The van der Waals surface area contributed by atoms with Crippen molar-refractivity contribution < 1.29 is 37.9 Å². The highest BCUT2D eigenvalue weighted by molar-refractivity contribution is 9.09. The lowest BCUT2D eigenvalue weighted by atomic mass is 9.96. The van der Waals surface area contributed by atoms with Gasteiger partial charge < -0.3 is 37.9 Å². The zero-order chi connectivity index (χ0) is 24.4. The number of methoxy groups -OCH3 is 6. The van der Waals surface area contributed by atoms with Crippen molar-refractivity contribution in [1.82, 2.24) is 0 Å². The number of benzene rings is 2. The lowest BCUT2D eigenvalue weighted by molar-refractivity contribution is 0.119. The first-order chi connectivity index (χ1) is 15.9. The molecule has 0 amide bonds. The zero-order valence-corrected chi connectivity index (χ0v) is 22.8. The highest BCUT2D eigenvalue weighted by Gasteiger charge is 2.31. The third kappa shape index (κ3) is 6.44. The summed E-state index contributed by atoms with van der Waals surface area (Å²) in [4.78, 5) is 0. The molecule has 0 aromatic heterocycles. The number of halogens is 2. The van der Waals surface area contributed by atoms with E-state index >= 15 is 0 Å². The first kappa shape index (κ1) is 27.0. The minimum atomic E-state index is -0.388. The van der Waals surface area contributed by atoms with E-state index in [0.29, 0.717) is 69.9 Å². The van der Waals surface area contributed by atoms with Gasteiger partial charge in [0.05, 0.1) is 61.3 Å². The van der Waals surface area contributed by atoms with Gasteiger partial charge >= 0.3 is 0 Å². The molecule has 0 fully saturated rings. The normalized spacial score (nSPS) is 10.9. The lowest BCUT2D eigenvalue weighted by Crippen LogP contribution is -2.38. The van der Waals surface area contributed by atoms with Crippen LogP contribution in [-0.2, 0) is 0 Å². The number of hydrogen-bond donors (Lipinski definition) is 0. The monoisotopic (exact) mass is 592 g/mol. The lowest BCUT2D eigenvalue weighted by Gasteiger charge is -2.30. The Morgan fingerprint density at radius 2 is 0.848 bits per heavy atom. The largest absolute Gasteiger partial charge is 0.493 e. The zero-order valence-electron chi connectivity index (χ0n) is 19.7. The van der Waals surface area contributed by atoms with E-state index < -0.39 is 0 Å². The van der Waals surface area contributed by atoms with Gasteiger partial charge in [-0.15, -0.1) is 0 Å². The number of alkyl halides is 2. The van der Waals surface area contributed by atoms with Gasteiger partial charge in [-0.25, -0.2) is 0 Å². The summed E-state index contributed by atoms with van der Waals surface area (Å²) in [6, 6.07) is 7.03. The van der Waals surface area contributed by atoms with Gasteiger partial charge in [-0.1, -0.05) is 31.9 Å². The number of rotatable bonds is 14. The molecule has 0 aliphatic carbocycles. The summed E-state index contributed by atoms with van der Waals surface area (Å²) >= 11 is 7.22. The Balaban J connectivity index is 2.21. The highest BCUT2D eigenvalue weighted by Crippen LogP contribution is 2.42. The highest BCUT2D eigenvalue weighted by atomic mass is 79.9. The summed E-state index contributed by atoms with van der Waals surface area (Å²) < 4.78 is 44.6. The van der Waals surface area contributed by atoms with Crippen molar-refractivity contribution in [2.24, 2.45) is 5.41 Å². The standard InChI is InChI=1S/C23H30Br2O8/c1-26-17-7-15(8-18(27-2)21(17)30-5)32-13-23(11-24,12-25)14-33-16-9-19(28-3)22(31-6)20(10-16)29-4/h7-10H,11-14H2,1-6H3. The molecule has 0 aliphatic heterocycles. The van der Waals surface area contributed by atoms with E-state index in [9.17, 15) is 0 Å². The Labute approximate surface area is 211 Å². The summed E-state index contributed by atoms with van der Waals surface area (Å²) in [7, 11) is 9.37. The van der Waals surface area contributed by atoms with Gasteiger partial charge in [0.2, 0.25) is 11.5 Å². The second-order valence-corrected chi connectivity index (χ2v) is 8.19. The van der Waals surface area contributed by atoms with Crippen LogP contribution in [0, 0.1) is 5.41 Å². The summed E-state index contributed by atoms with van der Waals surface area (Å²) in [5.41, 5.74) is -0.388. The van der Waals surface area contributed by atoms with Gasteiger partial charge in [-0.2, -0.15) is 0 Å². The second kappa shape index (κ2) is 12.9. The van der Waals surface area contributed by atoms with E-state index in [4.69, 9.17) is 37.9 Å². The minimum Gasteiger partial charge on any atom is -0.493 e. The van der Waals surface area contributed by atoms with Gasteiger partial charge in [-0.05, 0) is 0 Å². The maximum absolute atomic E-state index is 6.13. The van der Waals surface area contributed by atoms with Crippen LogP contribution < -0.4 is 37.9 Å². The van der Waals surface area contributed by atoms with E-state index in [1.807, 2.05) is 0 Å². The Hall–Kier alpha value is -2.20. The number of hydrogen-bond acceptors (Lipinski definition) is 8. The molecule has 10 heteroatoms. The van der Waals surface area contributed by atoms with Gasteiger partial charge in [-0.3, -0.25) is 0 Å². The van der Waals surface area contributed by atoms with Crippen LogP contribution >= 0.6 is 31.9 Å². The van der Waals surface area contributed by atoms with E-state index in [0.717, 1.165) is 0 Å². The molecule has 8 nitrogen and oxygen atoms in total. The quantitative estimate of drug-likeness (QED) is 0.284. The topological polar surface area (TPSA) is 73.8 Å². The molecule has 2 rings (SSSR count). The van der Waals surface area contributed by atoms with Crippen LogP contribution in [0.15, 0.2) is 24.3 Å². The number of ether oxygens (including phenoxy) is 8. The molecule has 0 heterocycles. The fourth-order valence-corrected chi connectivity index (χ4v) is 4.56. The van der Waals surface area contributed by atoms with Crippen LogP contribution in [0.3, 0.4) is 0 Å². The molecule has 0 spiro atoms. The summed E-state index contributed by atoms with van der Waals surface area (Å²) in [6.07, 6.45) is 0. The molecule has 0 saturated carbocycles. The van der Waals surface area contributed by atoms with Crippen LogP contribution in [0.25, 0.3) is 0 Å². The first-order valence-electron chi connectivity index (χ1n) is 9.92. The molecule has 0 saturated heterocycles. The van der Waals surface area contributed by atoms with Crippen LogP contribution in [0.5, 0.6) is 46.0 Å². The summed E-state index contributed by atoms with van der Waals surface area (Å²) in [5, 5.41) is 1.25. The average Bonchev–Trinajstić information content (AvgIpc) is 2.87. The molecular weight excluding hydrogens is 564 g/mol. The minimum absolute atomic E-state index is 0.354. The van der Waals surface area contributed by atoms with Gasteiger partial charge in [0, 0.05) is 34.9 Å². The van der Waals surface area contributed by atoms with Gasteiger partial charge in [0.1, 0.15) is 11.5 Å². The molecule has 0 unspecified atom stereocenters. The van der Waals surface area contributed by atoms with E-state index in [2.05, 4.69) is 31.9 Å². The Kier molecular flexibility index (Phi) is 10.6. The second-order valence-electron chi connectivity index (χ2n) is 7.07. The first-order valence-corrected chi connectivity index (χ1v) is 12.2. The van der Waals surface area contributed by atoms with Crippen molar-refractivity contribution in [2.45, 2.75) is 0 Å². The average molecular weight is 594 g/mol. The Bertz CT molecular complexity index is 783. The fraction of sp³-hybridized carbons (Fsp3) is 0.478. The molecule has 0 atom stereocenters. The third-order valence-electron chi connectivity index (χ3n) is 4.93. The summed E-state index contributed by atoms with van der Waals surface area (Å²) in [5.74, 6) is 4.25. The maximum atomic E-state index is 6.13. The molecule has 2 aromatic rings. The van der Waals surface area contributed by atoms with Crippen molar-refractivity contribution >= 4 is 31.9 Å². The van der Waals surface area contributed by atoms with Crippen molar-refractivity contribution in [2.75, 3.05) is 66.5 Å². The van der Waals surface area contributed by atoms with Gasteiger partial charge in [0.25, 0.3) is 0 Å². The molecule has 0 aliphatic rings. The van der Waals surface area contributed by atoms with Crippen LogP contribution in [0.2, 0.25) is 0 Å². The molecule has 0 N–H and O–H groups in total. The smallest absolute Gasteiger partial charge is 0.203 e. The molecule has 2 aromatic carbocycles. The van der Waals surface area contributed by atoms with Crippen LogP contribution in [0.4, 0.5) is 0 Å². The Morgan fingerprint density at radius 1 is 0.545 bits per heavy atom. The molecular formula is C23H30Br2O8. The predicted octanol–water partition coefficient (Wildman–Crippen LogP) is 4.97. The summed E-state index contributed by atoms with van der Waals surface area (Å²) in [6.45, 7) is 0.707. The molecule has 0 radical (unpaired) electrons. The van der Waals surface area contributed by atoms with Crippen LogP contribution in [0.1, 0.15) is 0 Å². The molecule has 33 heavy (non-hydrogen) atoms. The SMILES string of the molecule is COc1cc(OCC(CBr)(CBr)COc2cc(OC)c(OC)c(OC)c2)cc(OC)c1OC. The van der Waals surface area contributed by atoms with Crippen molar-refractivity contribution in [1.29, 1.82) is 0 Å². The van der Waals surface area contributed by atoms with Crippen molar-refractivity contribution in [3.8, 4) is 46.0 Å². The molecule has 0 bridgehead atoms. The predicted molar refractivity (Wildman–Crippen MR) is 133 cm³/mol. The van der Waals surface area contributed by atoms with E-state index in [-0.39, 0.29) is 5.41 Å². The van der Waals surface area contributed by atoms with E-state index in [1.54, 1.807) is 66.9 Å².